The van der Waals surface area contributed by atoms with E-state index in [2.05, 4.69) is 27.1 Å². The first-order chi connectivity index (χ1) is 13.9. The monoisotopic (exact) mass is 363 g/mol. The van der Waals surface area contributed by atoms with Gasteiger partial charge in [0.2, 0.25) is 0 Å². The highest BCUT2D eigenvalue weighted by molar-refractivity contribution is 5.92. The van der Waals surface area contributed by atoms with Gasteiger partial charge in [0.05, 0.1) is 22.4 Å². The third kappa shape index (κ3) is 3.16. The summed E-state index contributed by atoms with van der Waals surface area (Å²) in [5.41, 5.74) is 4.72. The molecule has 5 rings (SSSR count). The molecule has 4 nitrogen and oxygen atoms in total. The molecule has 0 spiro atoms. The molecule has 0 amide bonds. The second kappa shape index (κ2) is 7.08. The van der Waals surface area contributed by atoms with Crippen molar-refractivity contribution < 1.29 is 4.74 Å². The summed E-state index contributed by atoms with van der Waals surface area (Å²) in [6.07, 6.45) is 1.60. The molecule has 2 aromatic heterocycles. The van der Waals surface area contributed by atoms with E-state index in [0.29, 0.717) is 6.61 Å². The summed E-state index contributed by atoms with van der Waals surface area (Å²) < 4.78 is 6.02. The first-order valence-corrected chi connectivity index (χ1v) is 9.14. The Labute approximate surface area is 162 Å². The minimum absolute atomic E-state index is 0.407. The van der Waals surface area contributed by atoms with E-state index in [0.717, 1.165) is 44.5 Å². The molecule has 0 aliphatic carbocycles. The summed E-state index contributed by atoms with van der Waals surface area (Å²) in [7, 11) is 0. The van der Waals surface area contributed by atoms with Crippen LogP contribution in [-0.2, 0) is 6.61 Å². The number of pyridine rings is 1. The minimum atomic E-state index is 0.407. The van der Waals surface area contributed by atoms with Crippen LogP contribution in [0.5, 0.6) is 5.75 Å². The predicted octanol–water partition coefficient (Wildman–Crippen LogP) is 5.42. The molecule has 0 aliphatic heterocycles. The first kappa shape index (κ1) is 16.4. The average molecular weight is 363 g/mol. The Bertz CT molecular complexity index is 1270. The van der Waals surface area contributed by atoms with Crippen LogP contribution in [0.3, 0.4) is 0 Å². The van der Waals surface area contributed by atoms with E-state index in [1.54, 1.807) is 6.33 Å². The van der Waals surface area contributed by atoms with Gasteiger partial charge in [-0.25, -0.2) is 15.0 Å². The van der Waals surface area contributed by atoms with Crippen LogP contribution in [0.1, 0.15) is 5.69 Å². The van der Waals surface area contributed by atoms with Gasteiger partial charge >= 0.3 is 0 Å². The molecule has 134 valence electrons. The van der Waals surface area contributed by atoms with E-state index in [4.69, 9.17) is 4.74 Å². The van der Waals surface area contributed by atoms with Crippen LogP contribution in [0.25, 0.3) is 33.1 Å². The molecule has 2 heterocycles. The van der Waals surface area contributed by atoms with Crippen molar-refractivity contribution in [3.8, 4) is 17.0 Å². The first-order valence-electron chi connectivity index (χ1n) is 9.14. The van der Waals surface area contributed by atoms with Crippen LogP contribution >= 0.6 is 0 Å². The number of aromatic nitrogens is 3. The molecule has 3 aromatic carbocycles. The molecule has 28 heavy (non-hydrogen) atoms. The van der Waals surface area contributed by atoms with Crippen molar-refractivity contribution in [3.63, 3.8) is 0 Å². The molecule has 4 heteroatoms. The SMILES string of the molecule is c1ccc(-c2ncnc3ccc(OCc4ccc5ccccc5n4)cc23)cc1. The van der Waals surface area contributed by atoms with Crippen LogP contribution in [-0.4, -0.2) is 15.0 Å². The highest BCUT2D eigenvalue weighted by Crippen LogP contribution is 2.28. The van der Waals surface area contributed by atoms with Gasteiger partial charge < -0.3 is 4.74 Å². The second-order valence-corrected chi connectivity index (χ2v) is 6.55. The van der Waals surface area contributed by atoms with E-state index in [9.17, 15) is 0 Å². The number of hydrogen-bond acceptors (Lipinski definition) is 4. The lowest BCUT2D eigenvalue weighted by atomic mass is 10.1. The topological polar surface area (TPSA) is 47.9 Å². The average Bonchev–Trinajstić information content (AvgIpc) is 2.77. The van der Waals surface area contributed by atoms with E-state index in [-0.39, 0.29) is 0 Å². The quantitative estimate of drug-likeness (QED) is 0.427. The molecular formula is C24H17N3O. The highest BCUT2D eigenvalue weighted by Gasteiger charge is 2.08. The minimum Gasteiger partial charge on any atom is -0.487 e. The van der Waals surface area contributed by atoms with Crippen molar-refractivity contribution in [2.24, 2.45) is 0 Å². The van der Waals surface area contributed by atoms with Gasteiger partial charge in [0.25, 0.3) is 0 Å². The number of nitrogens with zero attached hydrogens (tertiary/aromatic N) is 3. The van der Waals surface area contributed by atoms with Gasteiger partial charge in [-0.2, -0.15) is 0 Å². The third-order valence-electron chi connectivity index (χ3n) is 4.70. The zero-order valence-electron chi connectivity index (χ0n) is 15.1. The Hall–Kier alpha value is -3.79. The maximum atomic E-state index is 6.02. The zero-order valence-corrected chi connectivity index (χ0v) is 15.1. The lowest BCUT2D eigenvalue weighted by Gasteiger charge is -2.09. The molecule has 0 unspecified atom stereocenters. The molecule has 0 atom stereocenters. The van der Waals surface area contributed by atoms with Crippen molar-refractivity contribution >= 4 is 21.8 Å². The molecule has 0 aliphatic rings. The molecule has 0 radical (unpaired) electrons. The number of ether oxygens (including phenoxy) is 1. The fourth-order valence-corrected chi connectivity index (χ4v) is 3.30. The van der Waals surface area contributed by atoms with Crippen LogP contribution in [0.15, 0.2) is 91.3 Å². The number of para-hydroxylation sites is 1. The Morgan fingerprint density at radius 2 is 1.57 bits per heavy atom. The standard InChI is InChI=1S/C24H17N3O/c1-2-7-18(8-3-1)24-21-14-20(12-13-23(21)25-16-26-24)28-15-19-11-10-17-6-4-5-9-22(17)27-19/h1-14,16H,15H2. The molecule has 5 aromatic rings. The Balaban J connectivity index is 1.46. The molecule has 0 saturated heterocycles. The van der Waals surface area contributed by atoms with E-state index in [1.807, 2.05) is 72.8 Å². The molecule has 0 saturated carbocycles. The maximum absolute atomic E-state index is 6.02. The van der Waals surface area contributed by atoms with Crippen molar-refractivity contribution in [1.29, 1.82) is 0 Å². The summed E-state index contributed by atoms with van der Waals surface area (Å²) >= 11 is 0. The molecular weight excluding hydrogens is 346 g/mol. The van der Waals surface area contributed by atoms with E-state index < -0.39 is 0 Å². The molecule has 0 N–H and O–H groups in total. The second-order valence-electron chi connectivity index (χ2n) is 6.55. The van der Waals surface area contributed by atoms with Crippen LogP contribution < -0.4 is 4.74 Å². The fourth-order valence-electron chi connectivity index (χ4n) is 3.30. The smallest absolute Gasteiger partial charge is 0.130 e. The maximum Gasteiger partial charge on any atom is 0.130 e. The Kier molecular flexibility index (Phi) is 4.14. The Morgan fingerprint density at radius 3 is 2.50 bits per heavy atom. The van der Waals surface area contributed by atoms with Crippen molar-refractivity contribution in [1.82, 2.24) is 15.0 Å². The van der Waals surface area contributed by atoms with Gasteiger partial charge in [0.1, 0.15) is 18.7 Å². The van der Waals surface area contributed by atoms with Gasteiger partial charge in [0.15, 0.2) is 0 Å². The summed E-state index contributed by atoms with van der Waals surface area (Å²) in [6, 6.07) is 28.2. The number of benzene rings is 3. The van der Waals surface area contributed by atoms with Gasteiger partial charge in [-0.3, -0.25) is 0 Å². The molecule has 0 bridgehead atoms. The van der Waals surface area contributed by atoms with Crippen LogP contribution in [0.4, 0.5) is 0 Å². The van der Waals surface area contributed by atoms with Crippen LogP contribution in [0, 0.1) is 0 Å². The van der Waals surface area contributed by atoms with Crippen LogP contribution in [0.2, 0.25) is 0 Å². The van der Waals surface area contributed by atoms with E-state index in [1.165, 1.54) is 0 Å². The summed E-state index contributed by atoms with van der Waals surface area (Å²) in [5, 5.41) is 2.10. The van der Waals surface area contributed by atoms with Gasteiger partial charge in [0, 0.05) is 16.3 Å². The van der Waals surface area contributed by atoms with Gasteiger partial charge in [-0.15, -0.1) is 0 Å². The van der Waals surface area contributed by atoms with Crippen molar-refractivity contribution in [3.05, 3.63) is 97.0 Å². The summed E-state index contributed by atoms with van der Waals surface area (Å²) in [4.78, 5) is 13.5. The lowest BCUT2D eigenvalue weighted by Crippen LogP contribution is -1.99. The van der Waals surface area contributed by atoms with E-state index >= 15 is 0 Å². The number of hydrogen-bond donors (Lipinski definition) is 0. The normalized spacial score (nSPS) is 11.0. The number of fused-ring (bicyclic) bond motifs is 2. The zero-order chi connectivity index (χ0) is 18.8. The summed E-state index contributed by atoms with van der Waals surface area (Å²) in [5.74, 6) is 0.773. The molecule has 0 fully saturated rings. The van der Waals surface area contributed by atoms with Gasteiger partial charge in [-0.1, -0.05) is 54.6 Å². The third-order valence-corrected chi connectivity index (χ3v) is 4.70. The summed E-state index contributed by atoms with van der Waals surface area (Å²) in [6.45, 7) is 0.407. The highest BCUT2D eigenvalue weighted by atomic mass is 16.5. The number of rotatable bonds is 4. The van der Waals surface area contributed by atoms with Crippen molar-refractivity contribution in [2.75, 3.05) is 0 Å². The van der Waals surface area contributed by atoms with Gasteiger partial charge in [-0.05, 0) is 30.3 Å². The fraction of sp³-hybridized carbons (Fsp3) is 0.0417. The Morgan fingerprint density at radius 1 is 0.714 bits per heavy atom. The lowest BCUT2D eigenvalue weighted by molar-refractivity contribution is 0.302. The largest absolute Gasteiger partial charge is 0.487 e. The predicted molar refractivity (Wildman–Crippen MR) is 111 cm³/mol. The van der Waals surface area contributed by atoms with Crippen molar-refractivity contribution in [2.45, 2.75) is 6.61 Å².